The van der Waals surface area contributed by atoms with Gasteiger partial charge in [0.15, 0.2) is 5.69 Å². The average Bonchev–Trinajstić information content (AvgIpc) is 2.82. The standard InChI is InChI=1S/C11H12N2O3S/c14-10(8-4-2-6-17-8)13-9-5-1-3-7(12-9)11(15)16/h1,3,5,8H,2,4,6H2,(H,15,16)(H,12,13,14). The summed E-state index contributed by atoms with van der Waals surface area (Å²) in [4.78, 5) is 26.3. The van der Waals surface area contributed by atoms with E-state index in [0.717, 1.165) is 18.6 Å². The first-order chi connectivity index (χ1) is 8.16. The number of carbonyl (C=O) groups excluding carboxylic acids is 1. The molecular formula is C11H12N2O3S. The molecule has 0 spiro atoms. The minimum absolute atomic E-state index is 0.0368. The quantitative estimate of drug-likeness (QED) is 0.854. The third-order valence-corrected chi connectivity index (χ3v) is 3.82. The smallest absolute Gasteiger partial charge is 0.354 e. The van der Waals surface area contributed by atoms with Crippen LogP contribution in [0.25, 0.3) is 0 Å². The fraction of sp³-hybridized carbons (Fsp3) is 0.364. The van der Waals surface area contributed by atoms with E-state index in [1.165, 1.54) is 6.07 Å². The SMILES string of the molecule is O=C(O)c1cccc(NC(=O)C2CCCS2)n1. The summed E-state index contributed by atoms with van der Waals surface area (Å²) in [5.74, 6) is 0.0991. The van der Waals surface area contributed by atoms with E-state index in [9.17, 15) is 9.59 Å². The van der Waals surface area contributed by atoms with Crippen LogP contribution in [0.15, 0.2) is 18.2 Å². The Bertz CT molecular complexity index is 444. The van der Waals surface area contributed by atoms with E-state index in [-0.39, 0.29) is 16.9 Å². The van der Waals surface area contributed by atoms with Crippen molar-refractivity contribution in [3.05, 3.63) is 23.9 Å². The lowest BCUT2D eigenvalue weighted by molar-refractivity contribution is -0.115. The molecule has 1 amide bonds. The number of hydrogen-bond acceptors (Lipinski definition) is 4. The second-order valence-electron chi connectivity index (χ2n) is 3.70. The van der Waals surface area contributed by atoms with Crippen molar-refractivity contribution in [3.8, 4) is 0 Å². The number of anilines is 1. The number of pyridine rings is 1. The number of carboxylic acids is 1. The molecule has 90 valence electrons. The minimum atomic E-state index is -1.10. The highest BCUT2D eigenvalue weighted by molar-refractivity contribution is 8.00. The zero-order valence-corrected chi connectivity index (χ0v) is 9.87. The highest BCUT2D eigenvalue weighted by Crippen LogP contribution is 2.26. The Hall–Kier alpha value is -1.56. The lowest BCUT2D eigenvalue weighted by Gasteiger charge is -2.09. The van der Waals surface area contributed by atoms with Crippen molar-refractivity contribution in [2.45, 2.75) is 18.1 Å². The third kappa shape index (κ3) is 2.97. The molecule has 1 unspecified atom stereocenters. The summed E-state index contributed by atoms with van der Waals surface area (Å²) < 4.78 is 0. The maximum absolute atomic E-state index is 11.8. The first-order valence-electron chi connectivity index (χ1n) is 5.29. The molecule has 1 aromatic heterocycles. The molecule has 17 heavy (non-hydrogen) atoms. The number of aromatic nitrogens is 1. The van der Waals surface area contributed by atoms with Gasteiger partial charge in [-0.1, -0.05) is 6.07 Å². The fourth-order valence-electron chi connectivity index (χ4n) is 1.61. The Labute approximate surface area is 103 Å². The number of hydrogen-bond donors (Lipinski definition) is 2. The molecule has 0 aliphatic carbocycles. The highest BCUT2D eigenvalue weighted by Gasteiger charge is 2.23. The Morgan fingerprint density at radius 3 is 2.94 bits per heavy atom. The van der Waals surface area contributed by atoms with Crippen molar-refractivity contribution in [1.29, 1.82) is 0 Å². The Kier molecular flexibility index (Phi) is 3.63. The Balaban J connectivity index is 2.05. The number of nitrogens with one attached hydrogen (secondary N) is 1. The molecule has 1 atom stereocenters. The van der Waals surface area contributed by atoms with Crippen LogP contribution in [0.2, 0.25) is 0 Å². The maximum atomic E-state index is 11.8. The summed E-state index contributed by atoms with van der Waals surface area (Å²) in [5.41, 5.74) is -0.0677. The van der Waals surface area contributed by atoms with Gasteiger partial charge >= 0.3 is 5.97 Å². The van der Waals surface area contributed by atoms with E-state index < -0.39 is 5.97 Å². The Morgan fingerprint density at radius 1 is 1.47 bits per heavy atom. The van der Waals surface area contributed by atoms with Crippen LogP contribution in [0.3, 0.4) is 0 Å². The molecule has 0 bridgehead atoms. The van der Waals surface area contributed by atoms with Gasteiger partial charge in [0.1, 0.15) is 5.82 Å². The van der Waals surface area contributed by atoms with Gasteiger partial charge in [-0.3, -0.25) is 4.79 Å². The van der Waals surface area contributed by atoms with Gasteiger partial charge in [-0.05, 0) is 30.7 Å². The van der Waals surface area contributed by atoms with Crippen LogP contribution in [0.5, 0.6) is 0 Å². The molecule has 2 heterocycles. The van der Waals surface area contributed by atoms with Crippen molar-refractivity contribution in [3.63, 3.8) is 0 Å². The van der Waals surface area contributed by atoms with E-state index in [4.69, 9.17) is 5.11 Å². The zero-order chi connectivity index (χ0) is 12.3. The van der Waals surface area contributed by atoms with Gasteiger partial charge in [0.25, 0.3) is 0 Å². The molecule has 1 aliphatic rings. The van der Waals surface area contributed by atoms with Gasteiger partial charge in [0.2, 0.25) is 5.91 Å². The predicted octanol–water partition coefficient (Wildman–Crippen LogP) is 1.61. The van der Waals surface area contributed by atoms with Crippen LogP contribution in [0.4, 0.5) is 5.82 Å². The van der Waals surface area contributed by atoms with Gasteiger partial charge < -0.3 is 10.4 Å². The molecule has 2 rings (SSSR count). The molecule has 0 radical (unpaired) electrons. The third-order valence-electron chi connectivity index (χ3n) is 2.44. The molecule has 2 N–H and O–H groups in total. The summed E-state index contributed by atoms with van der Waals surface area (Å²) in [6.07, 6.45) is 1.92. The van der Waals surface area contributed by atoms with Crippen LogP contribution < -0.4 is 5.32 Å². The zero-order valence-electron chi connectivity index (χ0n) is 9.05. The van der Waals surface area contributed by atoms with Gasteiger partial charge in [-0.15, -0.1) is 11.8 Å². The average molecular weight is 252 g/mol. The first-order valence-corrected chi connectivity index (χ1v) is 6.34. The van der Waals surface area contributed by atoms with Gasteiger partial charge in [-0.2, -0.15) is 0 Å². The molecule has 1 aliphatic heterocycles. The van der Waals surface area contributed by atoms with Crippen LogP contribution >= 0.6 is 11.8 Å². The number of carboxylic acid groups (broad SMARTS) is 1. The minimum Gasteiger partial charge on any atom is -0.477 e. The van der Waals surface area contributed by atoms with Crippen LogP contribution in [0, 0.1) is 0 Å². The Morgan fingerprint density at radius 2 is 2.29 bits per heavy atom. The number of carbonyl (C=O) groups is 2. The molecule has 5 nitrogen and oxygen atoms in total. The van der Waals surface area contributed by atoms with Crippen molar-refractivity contribution in [1.82, 2.24) is 4.98 Å². The normalized spacial score (nSPS) is 18.9. The largest absolute Gasteiger partial charge is 0.477 e. The molecule has 6 heteroatoms. The van der Waals surface area contributed by atoms with Crippen LogP contribution in [-0.2, 0) is 4.79 Å². The van der Waals surface area contributed by atoms with Crippen LogP contribution in [0.1, 0.15) is 23.3 Å². The topological polar surface area (TPSA) is 79.3 Å². The van der Waals surface area contributed by atoms with Gasteiger partial charge in [-0.25, -0.2) is 9.78 Å². The number of amides is 1. The van der Waals surface area contributed by atoms with E-state index in [1.807, 2.05) is 0 Å². The monoisotopic (exact) mass is 252 g/mol. The second kappa shape index (κ2) is 5.18. The summed E-state index contributed by atoms with van der Waals surface area (Å²) in [5, 5.41) is 11.4. The molecular weight excluding hydrogens is 240 g/mol. The fourth-order valence-corrected chi connectivity index (χ4v) is 2.78. The van der Waals surface area contributed by atoms with E-state index >= 15 is 0 Å². The van der Waals surface area contributed by atoms with Crippen LogP contribution in [-0.4, -0.2) is 33.0 Å². The predicted molar refractivity (Wildman–Crippen MR) is 65.3 cm³/mol. The molecule has 1 aromatic rings. The highest BCUT2D eigenvalue weighted by atomic mass is 32.2. The van der Waals surface area contributed by atoms with Crippen molar-refractivity contribution in [2.75, 3.05) is 11.1 Å². The molecule has 0 aromatic carbocycles. The van der Waals surface area contributed by atoms with Gasteiger partial charge in [0.05, 0.1) is 5.25 Å². The number of rotatable bonds is 3. The maximum Gasteiger partial charge on any atom is 0.354 e. The molecule has 0 saturated carbocycles. The van der Waals surface area contributed by atoms with Gasteiger partial charge in [0, 0.05) is 0 Å². The lowest BCUT2D eigenvalue weighted by Crippen LogP contribution is -2.23. The number of aromatic carboxylic acids is 1. The summed E-state index contributed by atoms with van der Waals surface area (Å²) in [6.45, 7) is 0. The summed E-state index contributed by atoms with van der Waals surface area (Å²) in [7, 11) is 0. The number of nitrogens with zero attached hydrogens (tertiary/aromatic N) is 1. The lowest BCUT2D eigenvalue weighted by atomic mass is 10.2. The first kappa shape index (κ1) is 11.9. The number of thioether (sulfide) groups is 1. The van der Waals surface area contributed by atoms with E-state index in [2.05, 4.69) is 10.3 Å². The van der Waals surface area contributed by atoms with E-state index in [1.54, 1.807) is 23.9 Å². The summed E-state index contributed by atoms with van der Waals surface area (Å²) >= 11 is 1.62. The van der Waals surface area contributed by atoms with Crippen molar-refractivity contribution < 1.29 is 14.7 Å². The van der Waals surface area contributed by atoms with Crippen molar-refractivity contribution >= 4 is 29.5 Å². The second-order valence-corrected chi connectivity index (χ2v) is 5.01. The molecule has 1 saturated heterocycles. The summed E-state index contributed by atoms with van der Waals surface area (Å²) in [6, 6.07) is 4.54. The van der Waals surface area contributed by atoms with Crippen molar-refractivity contribution in [2.24, 2.45) is 0 Å². The van der Waals surface area contributed by atoms with E-state index in [0.29, 0.717) is 5.82 Å². The molecule has 1 fully saturated rings.